The van der Waals surface area contributed by atoms with Gasteiger partial charge in [0, 0.05) is 19.7 Å². The monoisotopic (exact) mass is 268 g/mol. The SMILES string of the molecule is Cn1ccc(CC(NN)c2ccc(Cl)c(F)c2)n1. The molecule has 2 rings (SSSR count). The maximum atomic E-state index is 13.4. The number of nitrogens with one attached hydrogen (secondary N) is 1. The van der Waals surface area contributed by atoms with Crippen LogP contribution in [0.1, 0.15) is 17.3 Å². The zero-order valence-electron chi connectivity index (χ0n) is 9.90. The highest BCUT2D eigenvalue weighted by molar-refractivity contribution is 6.30. The van der Waals surface area contributed by atoms with Crippen molar-refractivity contribution in [3.8, 4) is 0 Å². The van der Waals surface area contributed by atoms with Crippen molar-refractivity contribution in [1.82, 2.24) is 15.2 Å². The highest BCUT2D eigenvalue weighted by Gasteiger charge is 2.14. The molecule has 96 valence electrons. The molecule has 0 aliphatic heterocycles. The van der Waals surface area contributed by atoms with E-state index in [0.29, 0.717) is 6.42 Å². The van der Waals surface area contributed by atoms with Crippen molar-refractivity contribution in [2.24, 2.45) is 12.9 Å². The fourth-order valence-electron chi connectivity index (χ4n) is 1.78. The Balaban J connectivity index is 2.19. The second-order valence-electron chi connectivity index (χ2n) is 4.08. The quantitative estimate of drug-likeness (QED) is 0.658. The minimum absolute atomic E-state index is 0.104. The number of hydrogen-bond acceptors (Lipinski definition) is 3. The molecule has 0 amide bonds. The summed E-state index contributed by atoms with van der Waals surface area (Å²) >= 11 is 5.65. The van der Waals surface area contributed by atoms with Crippen LogP contribution in [0.15, 0.2) is 30.5 Å². The van der Waals surface area contributed by atoms with E-state index in [9.17, 15) is 4.39 Å². The Morgan fingerprint density at radius 2 is 2.28 bits per heavy atom. The lowest BCUT2D eigenvalue weighted by Crippen LogP contribution is -2.29. The molecule has 1 unspecified atom stereocenters. The van der Waals surface area contributed by atoms with Crippen molar-refractivity contribution in [2.75, 3.05) is 0 Å². The summed E-state index contributed by atoms with van der Waals surface area (Å²) in [5, 5.41) is 4.37. The first-order valence-corrected chi connectivity index (χ1v) is 5.87. The van der Waals surface area contributed by atoms with Gasteiger partial charge in [0.15, 0.2) is 0 Å². The number of nitrogens with two attached hydrogens (primary N) is 1. The van der Waals surface area contributed by atoms with Gasteiger partial charge in [-0.2, -0.15) is 5.10 Å². The van der Waals surface area contributed by atoms with Crippen molar-refractivity contribution in [3.05, 3.63) is 52.6 Å². The standard InChI is InChI=1S/C12H14ClFN4/c1-18-5-4-9(17-18)7-12(16-15)8-2-3-10(13)11(14)6-8/h2-6,12,16H,7,15H2,1H3. The zero-order valence-corrected chi connectivity index (χ0v) is 10.7. The molecule has 1 atom stereocenters. The van der Waals surface area contributed by atoms with Crippen LogP contribution < -0.4 is 11.3 Å². The van der Waals surface area contributed by atoms with E-state index >= 15 is 0 Å². The highest BCUT2D eigenvalue weighted by atomic mass is 35.5. The van der Waals surface area contributed by atoms with Crippen LogP contribution in [0.3, 0.4) is 0 Å². The Labute approximate surface area is 110 Å². The van der Waals surface area contributed by atoms with Crippen LogP contribution in [-0.4, -0.2) is 9.78 Å². The Kier molecular flexibility index (Phi) is 3.96. The van der Waals surface area contributed by atoms with Crippen molar-refractivity contribution >= 4 is 11.6 Å². The molecule has 1 aromatic carbocycles. The number of hydrazine groups is 1. The van der Waals surface area contributed by atoms with Crippen molar-refractivity contribution in [1.29, 1.82) is 0 Å². The number of nitrogens with zero attached hydrogens (tertiary/aromatic N) is 2. The number of rotatable bonds is 4. The zero-order chi connectivity index (χ0) is 13.1. The first-order valence-electron chi connectivity index (χ1n) is 5.49. The van der Waals surface area contributed by atoms with Gasteiger partial charge < -0.3 is 0 Å². The fourth-order valence-corrected chi connectivity index (χ4v) is 1.90. The van der Waals surface area contributed by atoms with Crippen LogP contribution in [0.25, 0.3) is 0 Å². The van der Waals surface area contributed by atoms with E-state index in [1.807, 2.05) is 19.3 Å². The molecule has 0 fully saturated rings. The van der Waals surface area contributed by atoms with E-state index < -0.39 is 5.82 Å². The minimum atomic E-state index is -0.449. The highest BCUT2D eigenvalue weighted by Crippen LogP contribution is 2.22. The van der Waals surface area contributed by atoms with Gasteiger partial charge in [-0.3, -0.25) is 16.0 Å². The van der Waals surface area contributed by atoms with Crippen LogP contribution >= 0.6 is 11.6 Å². The van der Waals surface area contributed by atoms with E-state index in [1.54, 1.807) is 10.7 Å². The summed E-state index contributed by atoms with van der Waals surface area (Å²) in [6, 6.07) is 6.35. The summed E-state index contributed by atoms with van der Waals surface area (Å²) in [4.78, 5) is 0. The number of halogens is 2. The maximum absolute atomic E-state index is 13.4. The smallest absolute Gasteiger partial charge is 0.142 e. The Hall–Kier alpha value is -1.43. The maximum Gasteiger partial charge on any atom is 0.142 e. The van der Waals surface area contributed by atoms with Crippen molar-refractivity contribution in [2.45, 2.75) is 12.5 Å². The largest absolute Gasteiger partial charge is 0.276 e. The lowest BCUT2D eigenvalue weighted by Gasteiger charge is -2.15. The molecule has 1 heterocycles. The van der Waals surface area contributed by atoms with E-state index in [0.717, 1.165) is 11.3 Å². The molecule has 2 aromatic rings. The summed E-state index contributed by atoms with van der Waals surface area (Å²) in [6.07, 6.45) is 2.43. The Bertz CT molecular complexity index is 541. The summed E-state index contributed by atoms with van der Waals surface area (Å²) < 4.78 is 15.1. The molecule has 0 radical (unpaired) electrons. The summed E-state index contributed by atoms with van der Waals surface area (Å²) in [5.74, 6) is 5.06. The van der Waals surface area contributed by atoms with Gasteiger partial charge in [0.05, 0.1) is 16.8 Å². The molecule has 18 heavy (non-hydrogen) atoms. The second-order valence-corrected chi connectivity index (χ2v) is 4.48. The van der Waals surface area contributed by atoms with Crippen LogP contribution in [0.2, 0.25) is 5.02 Å². The van der Waals surface area contributed by atoms with E-state index in [-0.39, 0.29) is 11.1 Å². The predicted octanol–water partition coefficient (Wildman–Crippen LogP) is 1.96. The average Bonchev–Trinajstić information content (AvgIpc) is 2.75. The molecule has 6 heteroatoms. The van der Waals surface area contributed by atoms with Gasteiger partial charge in [-0.15, -0.1) is 0 Å². The molecule has 3 N–H and O–H groups in total. The number of benzene rings is 1. The van der Waals surface area contributed by atoms with Gasteiger partial charge in [-0.05, 0) is 23.8 Å². The molecule has 0 spiro atoms. The van der Waals surface area contributed by atoms with Crippen LogP contribution in [0.5, 0.6) is 0 Å². The number of hydrogen-bond donors (Lipinski definition) is 2. The molecule has 0 bridgehead atoms. The van der Waals surface area contributed by atoms with Crippen molar-refractivity contribution in [3.63, 3.8) is 0 Å². The van der Waals surface area contributed by atoms with Gasteiger partial charge >= 0.3 is 0 Å². The molecular formula is C12H14ClFN4. The predicted molar refractivity (Wildman–Crippen MR) is 68.4 cm³/mol. The van der Waals surface area contributed by atoms with Gasteiger partial charge in [0.25, 0.3) is 0 Å². The molecular weight excluding hydrogens is 255 g/mol. The van der Waals surface area contributed by atoms with E-state index in [4.69, 9.17) is 17.4 Å². The Morgan fingerprint density at radius 3 is 2.83 bits per heavy atom. The third-order valence-corrected chi connectivity index (χ3v) is 3.04. The lowest BCUT2D eigenvalue weighted by molar-refractivity contribution is 0.535. The van der Waals surface area contributed by atoms with E-state index in [2.05, 4.69) is 10.5 Å². The first kappa shape index (κ1) is 13.0. The van der Waals surface area contributed by atoms with Gasteiger partial charge in [0.1, 0.15) is 5.82 Å². The summed E-state index contributed by atoms with van der Waals surface area (Å²) in [6.45, 7) is 0. The Morgan fingerprint density at radius 1 is 1.50 bits per heavy atom. The van der Waals surface area contributed by atoms with Gasteiger partial charge in [0.2, 0.25) is 0 Å². The minimum Gasteiger partial charge on any atom is -0.276 e. The first-order chi connectivity index (χ1) is 8.60. The van der Waals surface area contributed by atoms with Gasteiger partial charge in [-0.25, -0.2) is 4.39 Å². The third kappa shape index (κ3) is 2.87. The fraction of sp³-hybridized carbons (Fsp3) is 0.250. The molecule has 0 aliphatic carbocycles. The summed E-state index contributed by atoms with van der Waals surface area (Å²) in [7, 11) is 1.84. The number of aryl methyl sites for hydroxylation is 1. The van der Waals surface area contributed by atoms with Crippen LogP contribution in [-0.2, 0) is 13.5 Å². The second kappa shape index (κ2) is 5.48. The lowest BCUT2D eigenvalue weighted by atomic mass is 10.0. The van der Waals surface area contributed by atoms with E-state index in [1.165, 1.54) is 12.1 Å². The molecule has 1 aromatic heterocycles. The topological polar surface area (TPSA) is 55.9 Å². The van der Waals surface area contributed by atoms with Crippen LogP contribution in [0.4, 0.5) is 4.39 Å². The summed E-state index contributed by atoms with van der Waals surface area (Å²) in [5.41, 5.74) is 4.29. The average molecular weight is 269 g/mol. The normalized spacial score (nSPS) is 12.7. The van der Waals surface area contributed by atoms with Crippen LogP contribution in [0, 0.1) is 5.82 Å². The molecule has 0 saturated carbocycles. The molecule has 4 nitrogen and oxygen atoms in total. The third-order valence-electron chi connectivity index (χ3n) is 2.73. The van der Waals surface area contributed by atoms with Gasteiger partial charge in [-0.1, -0.05) is 17.7 Å². The van der Waals surface area contributed by atoms with Crippen molar-refractivity contribution < 1.29 is 4.39 Å². The molecule has 0 saturated heterocycles. The number of aromatic nitrogens is 2. The molecule has 0 aliphatic rings.